The second-order valence-corrected chi connectivity index (χ2v) is 7.77. The molecule has 0 fully saturated rings. The quantitative estimate of drug-likeness (QED) is 0.570. The zero-order valence-corrected chi connectivity index (χ0v) is 17.8. The Hall–Kier alpha value is -0.617. The summed E-state index contributed by atoms with van der Waals surface area (Å²) in [6.07, 6.45) is 7.92. The molecule has 2 aromatic rings. The average Bonchev–Trinajstić information content (AvgIpc) is 3.12. The van der Waals surface area contributed by atoms with Crippen molar-refractivity contribution in [1.29, 1.82) is 0 Å². The van der Waals surface area contributed by atoms with Gasteiger partial charge in [0.15, 0.2) is 0 Å². The Morgan fingerprint density at radius 2 is 1.75 bits per heavy atom. The molecule has 0 saturated heterocycles. The molecule has 0 amide bonds. The molecule has 4 rings (SSSR count). The molecule has 0 heterocycles. The van der Waals surface area contributed by atoms with Crippen LogP contribution in [0.15, 0.2) is 60.2 Å². The zero-order chi connectivity index (χ0) is 15.3. The molecule has 0 nitrogen and oxygen atoms in total. The number of hydrogen-bond donors (Lipinski definition) is 0. The molecule has 0 aromatic heterocycles. The Bertz CT molecular complexity index is 819. The van der Waals surface area contributed by atoms with Crippen molar-refractivity contribution >= 4 is 3.27 Å². The fraction of sp³-hybridized carbons (Fsp3) is 0.238. The minimum Gasteiger partial charge on any atom is -1.00 e. The summed E-state index contributed by atoms with van der Waals surface area (Å²) in [5, 5.41) is 0. The van der Waals surface area contributed by atoms with Gasteiger partial charge in [-0.2, -0.15) is 0 Å². The topological polar surface area (TPSA) is 0 Å². The van der Waals surface area contributed by atoms with Gasteiger partial charge in [0.2, 0.25) is 0 Å². The number of rotatable bonds is 2. The van der Waals surface area contributed by atoms with Gasteiger partial charge in [0, 0.05) is 0 Å². The van der Waals surface area contributed by atoms with Crippen LogP contribution in [0.1, 0.15) is 48.8 Å². The summed E-state index contributed by atoms with van der Waals surface area (Å²) in [6.45, 7) is 4.62. The van der Waals surface area contributed by atoms with E-state index >= 15 is 0 Å². The van der Waals surface area contributed by atoms with Crippen molar-refractivity contribution in [1.82, 2.24) is 0 Å². The maximum absolute atomic E-state index is 2.36. The minimum absolute atomic E-state index is 0. The Labute approximate surface area is 172 Å². The predicted molar refractivity (Wildman–Crippen MR) is 89.3 cm³/mol. The summed E-state index contributed by atoms with van der Waals surface area (Å²) in [5.74, 6) is 1.06. The van der Waals surface area contributed by atoms with Crippen molar-refractivity contribution in [2.45, 2.75) is 32.1 Å². The molecular formula is C21H19Cl2Zr. The van der Waals surface area contributed by atoms with E-state index in [9.17, 15) is 0 Å². The molecule has 0 radical (unpaired) electrons. The van der Waals surface area contributed by atoms with Crippen molar-refractivity contribution in [3.05, 3.63) is 76.9 Å². The minimum atomic E-state index is 0. The molecule has 1 unspecified atom stereocenters. The van der Waals surface area contributed by atoms with E-state index in [0.29, 0.717) is 11.8 Å². The van der Waals surface area contributed by atoms with Gasteiger partial charge in [-0.15, -0.1) is 0 Å². The van der Waals surface area contributed by atoms with Crippen molar-refractivity contribution < 1.29 is 49.5 Å². The molecule has 24 heavy (non-hydrogen) atoms. The molecule has 3 heteroatoms. The van der Waals surface area contributed by atoms with E-state index in [4.69, 9.17) is 0 Å². The molecule has 0 bridgehead atoms. The van der Waals surface area contributed by atoms with Gasteiger partial charge in [0.05, 0.1) is 0 Å². The van der Waals surface area contributed by atoms with Gasteiger partial charge >= 0.3 is 148 Å². The molecule has 2 aliphatic carbocycles. The number of halogens is 2. The summed E-state index contributed by atoms with van der Waals surface area (Å²) in [7, 11) is 0. The van der Waals surface area contributed by atoms with E-state index in [1.165, 1.54) is 47.0 Å². The molecule has 0 aliphatic heterocycles. The van der Waals surface area contributed by atoms with Crippen LogP contribution in [0.2, 0.25) is 0 Å². The van der Waals surface area contributed by atoms with Crippen LogP contribution in [0, 0.1) is 0 Å². The third kappa shape index (κ3) is 3.00. The van der Waals surface area contributed by atoms with Gasteiger partial charge in [0.1, 0.15) is 0 Å². The molecular weight excluding hydrogens is 414 g/mol. The van der Waals surface area contributed by atoms with Crippen LogP contribution in [0.3, 0.4) is 0 Å². The van der Waals surface area contributed by atoms with Crippen LogP contribution in [0.25, 0.3) is 11.1 Å². The molecule has 1 atom stereocenters. The van der Waals surface area contributed by atoms with E-state index in [-0.39, 0.29) is 24.8 Å². The SMILES string of the molecule is CC(C)c1ccc2c([c]1[Zr+2])C(C1=CC=CC1)c1ccccc1-2.[Cl-].[Cl-]. The summed E-state index contributed by atoms with van der Waals surface area (Å²) in [4.78, 5) is 0. The molecule has 2 aliphatic rings. The van der Waals surface area contributed by atoms with E-state index in [2.05, 4.69) is 68.5 Å². The van der Waals surface area contributed by atoms with E-state index in [1.54, 1.807) is 14.4 Å². The first-order valence-electron chi connectivity index (χ1n) is 8.01. The third-order valence-corrected chi connectivity index (χ3v) is 6.29. The Morgan fingerprint density at radius 1 is 1.00 bits per heavy atom. The standard InChI is InChI=1S/C21H19.2ClH.Zr/c1-14(2)16-11-12-18-17-9-5-6-10-19(17)21(20(18)13-16)15-7-3-4-8-15;;;/h3-7,9-12,14,21H,8H2,1-2H3;2*1H;/q;;;+2/p-2. The maximum atomic E-state index is 2.36. The van der Waals surface area contributed by atoms with Gasteiger partial charge < -0.3 is 24.8 Å². The van der Waals surface area contributed by atoms with Gasteiger partial charge in [-0.25, -0.2) is 0 Å². The fourth-order valence-corrected chi connectivity index (χ4v) is 5.46. The molecule has 0 N–H and O–H groups in total. The van der Waals surface area contributed by atoms with Crippen LogP contribution in [-0.2, 0) is 24.7 Å². The molecule has 121 valence electrons. The number of fused-ring (bicyclic) bond motifs is 3. The number of benzene rings is 2. The van der Waals surface area contributed by atoms with Crippen molar-refractivity contribution in [3.63, 3.8) is 0 Å². The normalized spacial score (nSPS) is 17.0. The Kier molecular flexibility index (Phi) is 6.35. The number of hydrogen-bond acceptors (Lipinski definition) is 0. The van der Waals surface area contributed by atoms with Crippen LogP contribution >= 0.6 is 0 Å². The van der Waals surface area contributed by atoms with Gasteiger partial charge in [-0.05, 0) is 0 Å². The van der Waals surface area contributed by atoms with Crippen LogP contribution in [-0.4, -0.2) is 0 Å². The van der Waals surface area contributed by atoms with Gasteiger partial charge in [-0.1, -0.05) is 0 Å². The van der Waals surface area contributed by atoms with Gasteiger partial charge in [-0.3, -0.25) is 0 Å². The monoisotopic (exact) mass is 431 g/mol. The van der Waals surface area contributed by atoms with Crippen molar-refractivity contribution in [2.75, 3.05) is 0 Å². The first-order chi connectivity index (χ1) is 10.7. The van der Waals surface area contributed by atoms with Crippen LogP contribution in [0.5, 0.6) is 0 Å². The molecule has 2 aromatic carbocycles. The van der Waals surface area contributed by atoms with Crippen LogP contribution < -0.4 is 28.1 Å². The predicted octanol–water partition coefficient (Wildman–Crippen LogP) is -1.01. The smallest absolute Gasteiger partial charge is 1.00 e. The molecule has 0 saturated carbocycles. The van der Waals surface area contributed by atoms with Crippen molar-refractivity contribution in [3.8, 4) is 11.1 Å². The second-order valence-electron chi connectivity index (χ2n) is 6.54. The maximum Gasteiger partial charge on any atom is -1.00 e. The summed E-state index contributed by atoms with van der Waals surface area (Å²) >= 11 is 1.54. The summed E-state index contributed by atoms with van der Waals surface area (Å²) in [6, 6.07) is 13.7. The van der Waals surface area contributed by atoms with E-state index < -0.39 is 0 Å². The van der Waals surface area contributed by atoms with Crippen LogP contribution in [0.4, 0.5) is 0 Å². The number of allylic oxidation sites excluding steroid dienone is 4. The van der Waals surface area contributed by atoms with Gasteiger partial charge in [0.25, 0.3) is 0 Å². The first kappa shape index (κ1) is 19.7. The Balaban J connectivity index is 0.00000104. The summed E-state index contributed by atoms with van der Waals surface area (Å²) < 4.78 is 1.58. The second kappa shape index (κ2) is 7.73. The first-order valence-corrected chi connectivity index (χ1v) is 9.24. The van der Waals surface area contributed by atoms with E-state index in [1.807, 2.05) is 0 Å². The Morgan fingerprint density at radius 3 is 2.42 bits per heavy atom. The zero-order valence-electron chi connectivity index (χ0n) is 13.8. The van der Waals surface area contributed by atoms with E-state index in [0.717, 1.165) is 6.42 Å². The average molecular weight is 434 g/mol. The van der Waals surface area contributed by atoms with Crippen molar-refractivity contribution in [2.24, 2.45) is 0 Å². The summed E-state index contributed by atoms with van der Waals surface area (Å²) in [5.41, 5.74) is 9.06. The third-order valence-electron chi connectivity index (χ3n) is 4.92. The molecule has 0 spiro atoms. The largest absolute Gasteiger partial charge is 1.00 e. The fourth-order valence-electron chi connectivity index (χ4n) is 3.86.